The highest BCUT2D eigenvalue weighted by Crippen LogP contribution is 2.26. The first-order chi connectivity index (χ1) is 8.12. The highest BCUT2D eigenvalue weighted by atomic mass is 15.1. The Morgan fingerprint density at radius 1 is 1.29 bits per heavy atom. The molecule has 1 aromatic rings. The van der Waals surface area contributed by atoms with Gasteiger partial charge < -0.3 is 11.1 Å². The van der Waals surface area contributed by atoms with E-state index in [1.807, 2.05) is 0 Å². The fraction of sp³-hybridized carbons (Fsp3) is 0.692. The van der Waals surface area contributed by atoms with Gasteiger partial charge >= 0.3 is 0 Å². The lowest BCUT2D eigenvalue weighted by atomic mass is 9.95. The second kappa shape index (κ2) is 5.00. The number of nitrogens with one attached hydrogen (secondary N) is 1. The van der Waals surface area contributed by atoms with Gasteiger partial charge in [-0.1, -0.05) is 0 Å². The summed E-state index contributed by atoms with van der Waals surface area (Å²) in [6, 6.07) is 0. The third-order valence-corrected chi connectivity index (χ3v) is 3.35. The summed E-state index contributed by atoms with van der Waals surface area (Å²) in [6.45, 7) is 5.02. The molecule has 4 heteroatoms. The monoisotopic (exact) mass is 234 g/mol. The van der Waals surface area contributed by atoms with Gasteiger partial charge in [0.05, 0.1) is 0 Å². The van der Waals surface area contributed by atoms with Crippen molar-refractivity contribution in [3.05, 3.63) is 17.6 Å². The lowest BCUT2D eigenvalue weighted by Crippen LogP contribution is -2.34. The average molecular weight is 234 g/mol. The lowest BCUT2D eigenvalue weighted by molar-refractivity contribution is 0.522. The molecule has 1 heterocycles. The summed E-state index contributed by atoms with van der Waals surface area (Å²) in [5.41, 5.74) is 8.16. The maximum absolute atomic E-state index is 5.63. The minimum absolute atomic E-state index is 0.00563. The number of aromatic nitrogens is 2. The summed E-state index contributed by atoms with van der Waals surface area (Å²) in [7, 11) is 0. The molecule has 0 aromatic carbocycles. The highest BCUT2D eigenvalue weighted by molar-refractivity contribution is 5.48. The molecule has 1 aliphatic rings. The molecule has 0 saturated heterocycles. The van der Waals surface area contributed by atoms with Crippen molar-refractivity contribution in [1.82, 2.24) is 9.97 Å². The van der Waals surface area contributed by atoms with Crippen molar-refractivity contribution in [2.75, 3.05) is 11.9 Å². The molecule has 1 aromatic heterocycles. The SMILES string of the molecule is CC(C)(CCN)Nc1ncnc2c1CCCC2. The van der Waals surface area contributed by atoms with Crippen molar-refractivity contribution in [1.29, 1.82) is 0 Å². The number of nitrogens with zero attached hydrogens (tertiary/aromatic N) is 2. The molecule has 94 valence electrons. The second-order valence-electron chi connectivity index (χ2n) is 5.40. The van der Waals surface area contributed by atoms with E-state index in [1.165, 1.54) is 24.1 Å². The van der Waals surface area contributed by atoms with Crippen molar-refractivity contribution in [3.63, 3.8) is 0 Å². The molecule has 1 aliphatic carbocycles. The summed E-state index contributed by atoms with van der Waals surface area (Å²) in [5, 5.41) is 3.52. The number of aryl methyl sites for hydroxylation is 1. The van der Waals surface area contributed by atoms with E-state index in [0.717, 1.165) is 25.1 Å². The van der Waals surface area contributed by atoms with E-state index in [-0.39, 0.29) is 5.54 Å². The molecule has 3 N–H and O–H groups in total. The Morgan fingerprint density at radius 3 is 2.82 bits per heavy atom. The van der Waals surface area contributed by atoms with Gasteiger partial charge in [-0.15, -0.1) is 0 Å². The Bertz CT molecular complexity index is 387. The predicted octanol–water partition coefficient (Wildman–Crippen LogP) is 1.89. The number of nitrogens with two attached hydrogens (primary N) is 1. The van der Waals surface area contributed by atoms with Crippen LogP contribution in [0.1, 0.15) is 44.4 Å². The molecule has 0 aliphatic heterocycles. The molecule has 0 spiro atoms. The number of rotatable bonds is 4. The summed E-state index contributed by atoms with van der Waals surface area (Å²) < 4.78 is 0. The van der Waals surface area contributed by atoms with Crippen LogP contribution in [0.25, 0.3) is 0 Å². The van der Waals surface area contributed by atoms with Crippen LogP contribution in [0.15, 0.2) is 6.33 Å². The molecule has 17 heavy (non-hydrogen) atoms. The Labute approximate surface area is 103 Å². The number of anilines is 1. The van der Waals surface area contributed by atoms with E-state index in [1.54, 1.807) is 6.33 Å². The molecule has 0 unspecified atom stereocenters. The van der Waals surface area contributed by atoms with Crippen molar-refractivity contribution < 1.29 is 0 Å². The van der Waals surface area contributed by atoms with Crippen LogP contribution in [0.3, 0.4) is 0 Å². The smallest absolute Gasteiger partial charge is 0.133 e. The summed E-state index contributed by atoms with van der Waals surface area (Å²) in [6.07, 6.45) is 7.28. The largest absolute Gasteiger partial charge is 0.365 e. The molecule has 0 atom stereocenters. The van der Waals surface area contributed by atoms with Gasteiger partial charge in [-0.05, 0) is 52.5 Å². The zero-order valence-electron chi connectivity index (χ0n) is 10.8. The Morgan fingerprint density at radius 2 is 2.06 bits per heavy atom. The molecule has 0 fully saturated rings. The maximum Gasteiger partial charge on any atom is 0.133 e. The van der Waals surface area contributed by atoms with Gasteiger partial charge in [-0.3, -0.25) is 0 Å². The van der Waals surface area contributed by atoms with Gasteiger partial charge in [-0.2, -0.15) is 0 Å². The van der Waals surface area contributed by atoms with Crippen molar-refractivity contribution in [3.8, 4) is 0 Å². The Balaban J connectivity index is 2.21. The van der Waals surface area contributed by atoms with Crippen LogP contribution in [0.5, 0.6) is 0 Å². The third-order valence-electron chi connectivity index (χ3n) is 3.35. The highest BCUT2D eigenvalue weighted by Gasteiger charge is 2.21. The summed E-state index contributed by atoms with van der Waals surface area (Å²) in [5.74, 6) is 1.01. The number of hydrogen-bond donors (Lipinski definition) is 2. The van der Waals surface area contributed by atoms with E-state index >= 15 is 0 Å². The van der Waals surface area contributed by atoms with Crippen molar-refractivity contribution in [2.24, 2.45) is 5.73 Å². The van der Waals surface area contributed by atoms with E-state index < -0.39 is 0 Å². The normalized spacial score (nSPS) is 15.5. The van der Waals surface area contributed by atoms with Gasteiger partial charge in [0.15, 0.2) is 0 Å². The van der Waals surface area contributed by atoms with Crippen LogP contribution in [0.4, 0.5) is 5.82 Å². The Kier molecular flexibility index (Phi) is 3.62. The average Bonchev–Trinajstić information content (AvgIpc) is 2.29. The van der Waals surface area contributed by atoms with Crippen molar-refractivity contribution in [2.45, 2.75) is 51.5 Å². The van der Waals surface area contributed by atoms with E-state index in [4.69, 9.17) is 5.73 Å². The molecular formula is C13H22N4. The number of hydrogen-bond acceptors (Lipinski definition) is 4. The maximum atomic E-state index is 5.63. The van der Waals surface area contributed by atoms with E-state index in [9.17, 15) is 0 Å². The fourth-order valence-corrected chi connectivity index (χ4v) is 2.37. The first-order valence-corrected chi connectivity index (χ1v) is 6.43. The van der Waals surface area contributed by atoms with Gasteiger partial charge in [0.1, 0.15) is 12.1 Å². The van der Waals surface area contributed by atoms with Gasteiger partial charge in [0.25, 0.3) is 0 Å². The van der Waals surface area contributed by atoms with Gasteiger partial charge in [0, 0.05) is 16.8 Å². The van der Waals surface area contributed by atoms with Crippen molar-refractivity contribution >= 4 is 5.82 Å². The van der Waals surface area contributed by atoms with E-state index in [2.05, 4.69) is 29.1 Å². The molecule has 0 radical (unpaired) electrons. The van der Waals surface area contributed by atoms with Crippen LogP contribution in [-0.4, -0.2) is 22.1 Å². The molecular weight excluding hydrogens is 212 g/mol. The third kappa shape index (κ3) is 2.94. The molecule has 2 rings (SSSR count). The molecule has 4 nitrogen and oxygen atoms in total. The Hall–Kier alpha value is -1.16. The van der Waals surface area contributed by atoms with Gasteiger partial charge in [-0.25, -0.2) is 9.97 Å². The van der Waals surface area contributed by atoms with Crippen LogP contribution >= 0.6 is 0 Å². The molecule has 0 saturated carbocycles. The second-order valence-corrected chi connectivity index (χ2v) is 5.40. The first kappa shape index (κ1) is 12.3. The van der Waals surface area contributed by atoms with Crippen LogP contribution in [0.2, 0.25) is 0 Å². The zero-order chi connectivity index (χ0) is 12.3. The number of fused-ring (bicyclic) bond motifs is 1. The van der Waals surface area contributed by atoms with Gasteiger partial charge in [0.2, 0.25) is 0 Å². The minimum atomic E-state index is -0.00563. The first-order valence-electron chi connectivity index (χ1n) is 6.43. The quantitative estimate of drug-likeness (QED) is 0.835. The van der Waals surface area contributed by atoms with Crippen LogP contribution in [-0.2, 0) is 12.8 Å². The molecule has 0 bridgehead atoms. The lowest BCUT2D eigenvalue weighted by Gasteiger charge is -2.28. The van der Waals surface area contributed by atoms with Crippen LogP contribution in [0, 0.1) is 0 Å². The predicted molar refractivity (Wildman–Crippen MR) is 70.0 cm³/mol. The standard InChI is InChI=1S/C13H22N4/c1-13(2,7-8-14)17-12-10-5-3-4-6-11(10)15-9-16-12/h9H,3-8,14H2,1-2H3,(H,15,16,17). The van der Waals surface area contributed by atoms with E-state index in [0.29, 0.717) is 6.54 Å². The topological polar surface area (TPSA) is 63.8 Å². The minimum Gasteiger partial charge on any atom is -0.365 e. The zero-order valence-corrected chi connectivity index (χ0v) is 10.8. The summed E-state index contributed by atoms with van der Waals surface area (Å²) in [4.78, 5) is 8.78. The van der Waals surface area contributed by atoms with Crippen LogP contribution < -0.4 is 11.1 Å². The fourth-order valence-electron chi connectivity index (χ4n) is 2.37. The summed E-state index contributed by atoms with van der Waals surface area (Å²) >= 11 is 0. The molecule has 0 amide bonds.